The molecule has 0 aromatic heterocycles. The fraction of sp³-hybridized carbons (Fsp3) is 0.500. The predicted molar refractivity (Wildman–Crippen MR) is 75.1 cm³/mol. The van der Waals surface area contributed by atoms with Crippen molar-refractivity contribution in [2.45, 2.75) is 19.8 Å². The Morgan fingerprint density at radius 1 is 1.45 bits per heavy atom. The third-order valence-corrected chi connectivity index (χ3v) is 3.78. The molecule has 1 N–H and O–H groups in total. The number of aliphatic hydroxyl groups is 1. The minimum atomic E-state index is -0.492. The number of ketones is 1. The summed E-state index contributed by atoms with van der Waals surface area (Å²) in [5.41, 5.74) is 1.07. The standard InChI is InChI=1S/C14H18N2O4/c1-10(18)13-8-12(16(19)20)2-3-14(13)15-6-4-11(9-17)5-7-15/h2-3,8,11,17H,4-7,9H2,1H3. The molecule has 6 heteroatoms. The Hall–Kier alpha value is -1.95. The molecule has 0 bridgehead atoms. The van der Waals surface area contributed by atoms with Gasteiger partial charge in [0.05, 0.1) is 4.92 Å². The number of nitrogens with zero attached hydrogens (tertiary/aromatic N) is 2. The second-order valence-electron chi connectivity index (χ2n) is 5.13. The van der Waals surface area contributed by atoms with Crippen molar-refractivity contribution < 1.29 is 14.8 Å². The molecule has 20 heavy (non-hydrogen) atoms. The first-order valence-corrected chi connectivity index (χ1v) is 6.68. The Balaban J connectivity index is 2.27. The fourth-order valence-corrected chi connectivity index (χ4v) is 2.55. The molecule has 1 aromatic carbocycles. The largest absolute Gasteiger partial charge is 0.396 e. The summed E-state index contributed by atoms with van der Waals surface area (Å²) in [6.45, 7) is 3.11. The quantitative estimate of drug-likeness (QED) is 0.517. The van der Waals surface area contributed by atoms with Gasteiger partial charge in [0.2, 0.25) is 0 Å². The molecule has 1 aliphatic rings. The molecule has 1 aliphatic heterocycles. The first-order chi connectivity index (χ1) is 9.52. The monoisotopic (exact) mass is 278 g/mol. The maximum atomic E-state index is 11.7. The van der Waals surface area contributed by atoms with Crippen LogP contribution in [0.4, 0.5) is 11.4 Å². The molecule has 0 aliphatic carbocycles. The van der Waals surface area contributed by atoms with Gasteiger partial charge < -0.3 is 10.0 Å². The Kier molecular flexibility index (Phi) is 4.34. The average molecular weight is 278 g/mol. The predicted octanol–water partition coefficient (Wildman–Crippen LogP) is 2.01. The van der Waals surface area contributed by atoms with Crippen LogP contribution in [-0.4, -0.2) is 35.5 Å². The third kappa shape index (κ3) is 2.96. The van der Waals surface area contributed by atoms with E-state index >= 15 is 0 Å². The molecular weight excluding hydrogens is 260 g/mol. The van der Waals surface area contributed by atoms with Gasteiger partial charge in [-0.2, -0.15) is 0 Å². The van der Waals surface area contributed by atoms with Crippen molar-refractivity contribution in [3.05, 3.63) is 33.9 Å². The van der Waals surface area contributed by atoms with Gasteiger partial charge in [-0.3, -0.25) is 14.9 Å². The number of nitro benzene ring substituents is 1. The number of carbonyl (C=O) groups excluding carboxylic acids is 1. The number of benzene rings is 1. The van der Waals surface area contributed by atoms with Crippen LogP contribution in [0.5, 0.6) is 0 Å². The van der Waals surface area contributed by atoms with E-state index in [0.29, 0.717) is 11.5 Å². The van der Waals surface area contributed by atoms with Gasteiger partial charge in [0.15, 0.2) is 5.78 Å². The minimum absolute atomic E-state index is 0.0656. The second-order valence-corrected chi connectivity index (χ2v) is 5.13. The maximum absolute atomic E-state index is 11.7. The summed E-state index contributed by atoms with van der Waals surface area (Å²) in [6, 6.07) is 4.42. The zero-order valence-corrected chi connectivity index (χ0v) is 11.4. The Labute approximate surface area is 117 Å². The Morgan fingerprint density at radius 2 is 2.10 bits per heavy atom. The summed E-state index contributed by atoms with van der Waals surface area (Å²) in [5, 5.41) is 19.9. The lowest BCUT2D eigenvalue weighted by molar-refractivity contribution is -0.384. The van der Waals surface area contributed by atoms with Gasteiger partial charge in [-0.05, 0) is 31.7 Å². The minimum Gasteiger partial charge on any atom is -0.396 e. The molecular formula is C14H18N2O4. The second kappa shape index (κ2) is 6.00. The van der Waals surface area contributed by atoms with Crippen molar-refractivity contribution in [2.24, 2.45) is 5.92 Å². The SMILES string of the molecule is CC(=O)c1cc([N+](=O)[O-])ccc1N1CCC(CO)CC1. The smallest absolute Gasteiger partial charge is 0.270 e. The number of rotatable bonds is 4. The zero-order chi connectivity index (χ0) is 14.7. The summed E-state index contributed by atoms with van der Waals surface area (Å²) in [4.78, 5) is 24.1. The van der Waals surface area contributed by atoms with E-state index in [9.17, 15) is 14.9 Å². The normalized spacial score (nSPS) is 16.2. The van der Waals surface area contributed by atoms with Crippen LogP contribution in [0.2, 0.25) is 0 Å². The van der Waals surface area contributed by atoms with Crippen LogP contribution in [0.3, 0.4) is 0 Å². The molecule has 0 atom stereocenters. The molecule has 0 unspecified atom stereocenters. The van der Waals surface area contributed by atoms with Crippen LogP contribution < -0.4 is 4.90 Å². The van der Waals surface area contributed by atoms with Gasteiger partial charge in [-0.15, -0.1) is 0 Å². The van der Waals surface area contributed by atoms with Gasteiger partial charge in [0.1, 0.15) is 0 Å². The molecule has 6 nitrogen and oxygen atoms in total. The molecule has 1 saturated heterocycles. The van der Waals surface area contributed by atoms with Crippen molar-refractivity contribution in [1.82, 2.24) is 0 Å². The molecule has 0 saturated carbocycles. The van der Waals surface area contributed by atoms with E-state index in [4.69, 9.17) is 5.11 Å². The number of hydrogen-bond donors (Lipinski definition) is 1. The van der Waals surface area contributed by atoms with E-state index in [1.165, 1.54) is 19.1 Å². The summed E-state index contributed by atoms with van der Waals surface area (Å²) in [6.07, 6.45) is 1.73. The van der Waals surface area contributed by atoms with Gasteiger partial charge in [0, 0.05) is 43.1 Å². The summed E-state index contributed by atoms with van der Waals surface area (Å²) >= 11 is 0. The summed E-state index contributed by atoms with van der Waals surface area (Å²) in [7, 11) is 0. The van der Waals surface area contributed by atoms with E-state index in [2.05, 4.69) is 4.90 Å². The van der Waals surface area contributed by atoms with Crippen molar-refractivity contribution in [2.75, 3.05) is 24.6 Å². The van der Waals surface area contributed by atoms with Crippen molar-refractivity contribution in [3.8, 4) is 0 Å². The molecule has 0 amide bonds. The number of carbonyl (C=O) groups is 1. The molecule has 0 radical (unpaired) electrons. The van der Waals surface area contributed by atoms with Crippen molar-refractivity contribution in [1.29, 1.82) is 0 Å². The van der Waals surface area contributed by atoms with Crippen LogP contribution in [0.1, 0.15) is 30.1 Å². The molecule has 1 aromatic rings. The summed E-state index contributed by atoms with van der Waals surface area (Å²) in [5.74, 6) is 0.137. The van der Waals surface area contributed by atoms with E-state index in [1.807, 2.05) is 0 Å². The zero-order valence-electron chi connectivity index (χ0n) is 11.4. The van der Waals surface area contributed by atoms with Crippen LogP contribution in [0, 0.1) is 16.0 Å². The molecule has 2 rings (SSSR count). The Morgan fingerprint density at radius 3 is 2.60 bits per heavy atom. The number of piperidine rings is 1. The number of aliphatic hydroxyl groups excluding tert-OH is 1. The van der Waals surface area contributed by atoms with Gasteiger partial charge >= 0.3 is 0 Å². The topological polar surface area (TPSA) is 83.7 Å². The molecule has 1 fully saturated rings. The first kappa shape index (κ1) is 14.5. The van der Waals surface area contributed by atoms with Crippen LogP contribution >= 0.6 is 0 Å². The van der Waals surface area contributed by atoms with Gasteiger partial charge in [-0.1, -0.05) is 0 Å². The molecule has 1 heterocycles. The van der Waals surface area contributed by atoms with Gasteiger partial charge in [-0.25, -0.2) is 0 Å². The number of anilines is 1. The number of non-ortho nitro benzene ring substituents is 1. The highest BCUT2D eigenvalue weighted by Gasteiger charge is 2.23. The number of nitro groups is 1. The first-order valence-electron chi connectivity index (χ1n) is 6.68. The maximum Gasteiger partial charge on any atom is 0.270 e. The number of Topliss-reactive ketones (excluding diaryl/α,β-unsaturated/α-hetero) is 1. The van der Waals surface area contributed by atoms with Crippen LogP contribution in [-0.2, 0) is 0 Å². The van der Waals surface area contributed by atoms with E-state index in [-0.39, 0.29) is 18.1 Å². The lowest BCUT2D eigenvalue weighted by atomic mass is 9.96. The highest BCUT2D eigenvalue weighted by Crippen LogP contribution is 2.29. The van der Waals surface area contributed by atoms with E-state index in [0.717, 1.165) is 31.6 Å². The highest BCUT2D eigenvalue weighted by molar-refractivity contribution is 6.00. The van der Waals surface area contributed by atoms with Crippen molar-refractivity contribution in [3.63, 3.8) is 0 Å². The Bertz CT molecular complexity index is 522. The van der Waals surface area contributed by atoms with Crippen LogP contribution in [0.15, 0.2) is 18.2 Å². The van der Waals surface area contributed by atoms with E-state index in [1.54, 1.807) is 6.07 Å². The van der Waals surface area contributed by atoms with E-state index < -0.39 is 4.92 Å². The average Bonchev–Trinajstić information content (AvgIpc) is 2.46. The lowest BCUT2D eigenvalue weighted by Crippen LogP contribution is -2.35. The third-order valence-electron chi connectivity index (χ3n) is 3.78. The van der Waals surface area contributed by atoms with Crippen LogP contribution in [0.25, 0.3) is 0 Å². The molecule has 0 spiro atoms. The van der Waals surface area contributed by atoms with Gasteiger partial charge in [0.25, 0.3) is 5.69 Å². The van der Waals surface area contributed by atoms with Crippen molar-refractivity contribution >= 4 is 17.2 Å². The summed E-state index contributed by atoms with van der Waals surface area (Å²) < 4.78 is 0. The molecule has 108 valence electrons. The highest BCUT2D eigenvalue weighted by atomic mass is 16.6. The fourth-order valence-electron chi connectivity index (χ4n) is 2.55. The lowest BCUT2D eigenvalue weighted by Gasteiger charge is -2.33. The number of hydrogen-bond acceptors (Lipinski definition) is 5.